The minimum Gasteiger partial charge on any atom is -0.493 e. The molecule has 0 saturated carbocycles. The van der Waals surface area contributed by atoms with Crippen molar-refractivity contribution in [1.82, 2.24) is 0 Å². The van der Waals surface area contributed by atoms with E-state index in [1.54, 1.807) is 12.1 Å². The summed E-state index contributed by atoms with van der Waals surface area (Å²) in [6.07, 6.45) is -1.91. The summed E-state index contributed by atoms with van der Waals surface area (Å²) in [5.41, 5.74) is 2.62. The maximum atomic E-state index is 10.4. The number of halogens is 1. The summed E-state index contributed by atoms with van der Waals surface area (Å²) in [5.74, 6) is 0.748. The third-order valence-electron chi connectivity index (χ3n) is 5.36. The van der Waals surface area contributed by atoms with Crippen LogP contribution in [0.3, 0.4) is 0 Å². The fourth-order valence-corrected chi connectivity index (χ4v) is 3.81. The van der Waals surface area contributed by atoms with Gasteiger partial charge in [0.25, 0.3) is 0 Å². The van der Waals surface area contributed by atoms with Gasteiger partial charge in [-0.3, -0.25) is 0 Å². The molecule has 1 fully saturated rings. The highest BCUT2D eigenvalue weighted by molar-refractivity contribution is 6.31. The summed E-state index contributed by atoms with van der Waals surface area (Å²) in [4.78, 5) is 0. The molecular formula is C23H28ClNO5. The molecule has 0 aromatic heterocycles. The van der Waals surface area contributed by atoms with Crippen molar-refractivity contribution in [1.29, 1.82) is 5.41 Å². The van der Waals surface area contributed by atoms with E-state index in [9.17, 15) is 15.3 Å². The molecule has 0 radical (unpaired) electrons. The van der Waals surface area contributed by atoms with Gasteiger partial charge < -0.3 is 30.2 Å². The van der Waals surface area contributed by atoms with Crippen LogP contribution in [0.25, 0.3) is 0 Å². The van der Waals surface area contributed by atoms with Crippen molar-refractivity contribution in [2.45, 2.75) is 56.7 Å². The lowest BCUT2D eigenvalue weighted by atomic mass is 9.89. The van der Waals surface area contributed by atoms with E-state index in [1.807, 2.05) is 37.3 Å². The standard InChI is InChI=1S/C23H28ClNO5/c1-2-19-20(26)21(27)22(28)23(30-19)15-6-9-18(24)16(13-15)12-14-4-7-17(8-5-14)29-11-3-10-25/h4-10,13,19-23,25-28H,2-3,11-12H2,1H3/t19-,20-,21+,22-,23+/m1/s1. The second kappa shape index (κ2) is 10.4. The number of nitrogens with one attached hydrogen (secondary N) is 1. The third kappa shape index (κ3) is 5.20. The molecule has 1 heterocycles. The molecule has 30 heavy (non-hydrogen) atoms. The number of rotatable bonds is 8. The first-order chi connectivity index (χ1) is 14.4. The number of ether oxygens (including phenoxy) is 2. The molecule has 0 bridgehead atoms. The Labute approximate surface area is 181 Å². The molecule has 1 saturated heterocycles. The normalized spacial score (nSPS) is 26.4. The van der Waals surface area contributed by atoms with Crippen LogP contribution < -0.4 is 4.74 Å². The van der Waals surface area contributed by atoms with Gasteiger partial charge in [0.2, 0.25) is 0 Å². The van der Waals surface area contributed by atoms with Crippen LogP contribution in [0.2, 0.25) is 5.02 Å². The summed E-state index contributed by atoms with van der Waals surface area (Å²) in [6, 6.07) is 13.1. The molecule has 2 aromatic rings. The van der Waals surface area contributed by atoms with Crippen molar-refractivity contribution in [3.63, 3.8) is 0 Å². The summed E-state index contributed by atoms with van der Waals surface area (Å²) >= 11 is 6.41. The topological polar surface area (TPSA) is 103 Å². The van der Waals surface area contributed by atoms with E-state index >= 15 is 0 Å². The van der Waals surface area contributed by atoms with Gasteiger partial charge in [0.1, 0.15) is 30.2 Å². The minimum absolute atomic E-state index is 0.472. The van der Waals surface area contributed by atoms with E-state index in [0.29, 0.717) is 36.5 Å². The highest BCUT2D eigenvalue weighted by Gasteiger charge is 2.43. The molecule has 1 aliphatic heterocycles. The molecular weight excluding hydrogens is 406 g/mol. The second-order valence-corrected chi connectivity index (χ2v) is 7.90. The van der Waals surface area contributed by atoms with Gasteiger partial charge >= 0.3 is 0 Å². The number of aliphatic hydroxyl groups excluding tert-OH is 3. The van der Waals surface area contributed by atoms with Gasteiger partial charge in [-0.15, -0.1) is 0 Å². The molecule has 162 valence electrons. The number of hydrogen-bond acceptors (Lipinski definition) is 6. The maximum Gasteiger partial charge on any atom is 0.119 e. The highest BCUT2D eigenvalue weighted by atomic mass is 35.5. The van der Waals surface area contributed by atoms with Crippen LogP contribution in [0.15, 0.2) is 42.5 Å². The largest absolute Gasteiger partial charge is 0.493 e. The zero-order chi connectivity index (χ0) is 21.7. The highest BCUT2D eigenvalue weighted by Crippen LogP contribution is 2.35. The van der Waals surface area contributed by atoms with E-state index in [-0.39, 0.29) is 0 Å². The lowest BCUT2D eigenvalue weighted by molar-refractivity contribution is -0.225. The third-order valence-corrected chi connectivity index (χ3v) is 5.73. The van der Waals surface area contributed by atoms with E-state index in [2.05, 4.69) is 0 Å². The van der Waals surface area contributed by atoms with Crippen LogP contribution in [0.5, 0.6) is 5.75 Å². The average molecular weight is 434 g/mol. The van der Waals surface area contributed by atoms with Crippen LogP contribution in [0.4, 0.5) is 0 Å². The van der Waals surface area contributed by atoms with Crippen molar-refractivity contribution in [3.05, 3.63) is 64.2 Å². The molecule has 2 aromatic carbocycles. The van der Waals surface area contributed by atoms with Gasteiger partial charge in [0.05, 0.1) is 12.7 Å². The second-order valence-electron chi connectivity index (χ2n) is 7.49. The number of benzene rings is 2. The van der Waals surface area contributed by atoms with Gasteiger partial charge in [-0.25, -0.2) is 0 Å². The van der Waals surface area contributed by atoms with E-state index in [0.717, 1.165) is 16.9 Å². The predicted molar refractivity (Wildman–Crippen MR) is 116 cm³/mol. The Morgan fingerprint density at radius 1 is 1.07 bits per heavy atom. The molecule has 0 spiro atoms. The van der Waals surface area contributed by atoms with Crippen molar-refractivity contribution >= 4 is 17.8 Å². The van der Waals surface area contributed by atoms with E-state index in [1.165, 1.54) is 6.21 Å². The quantitative estimate of drug-likeness (QED) is 0.378. The molecule has 0 unspecified atom stereocenters. The molecule has 6 nitrogen and oxygen atoms in total. The molecule has 5 atom stereocenters. The van der Waals surface area contributed by atoms with E-state index in [4.69, 9.17) is 26.5 Å². The van der Waals surface area contributed by atoms with Gasteiger partial charge in [-0.2, -0.15) is 0 Å². The van der Waals surface area contributed by atoms with Crippen molar-refractivity contribution in [2.75, 3.05) is 6.61 Å². The molecule has 7 heteroatoms. The van der Waals surface area contributed by atoms with Crippen LogP contribution in [0, 0.1) is 5.41 Å². The molecule has 3 rings (SSSR count). The predicted octanol–water partition coefficient (Wildman–Crippen LogP) is 3.28. The SMILES string of the molecule is CC[C@H]1O[C@@H](c2ccc(Cl)c(Cc3ccc(OCCC=N)cc3)c2)[C@H](O)[C@@H](O)[C@@H]1O. The first-order valence-electron chi connectivity index (χ1n) is 10.1. The average Bonchev–Trinajstić information content (AvgIpc) is 2.75. The Bertz CT molecular complexity index is 842. The van der Waals surface area contributed by atoms with Crippen molar-refractivity contribution in [2.24, 2.45) is 0 Å². The minimum atomic E-state index is -1.27. The Hall–Kier alpha value is -1.96. The summed E-state index contributed by atoms with van der Waals surface area (Å²) in [7, 11) is 0. The lowest BCUT2D eigenvalue weighted by Gasteiger charge is -2.40. The number of aliphatic hydroxyl groups is 3. The van der Waals surface area contributed by atoms with Crippen LogP contribution in [0.1, 0.15) is 42.6 Å². The van der Waals surface area contributed by atoms with Gasteiger partial charge in [-0.05, 0) is 53.9 Å². The van der Waals surface area contributed by atoms with Crippen molar-refractivity contribution in [3.8, 4) is 5.75 Å². The summed E-state index contributed by atoms with van der Waals surface area (Å²) < 4.78 is 11.4. The Morgan fingerprint density at radius 2 is 1.80 bits per heavy atom. The smallest absolute Gasteiger partial charge is 0.119 e. The van der Waals surface area contributed by atoms with Crippen LogP contribution >= 0.6 is 11.6 Å². The summed E-state index contributed by atoms with van der Waals surface area (Å²) in [5, 5.41) is 38.4. The fourth-order valence-electron chi connectivity index (χ4n) is 3.63. The zero-order valence-electron chi connectivity index (χ0n) is 16.9. The molecule has 1 aliphatic rings. The van der Waals surface area contributed by atoms with Gasteiger partial charge in [-0.1, -0.05) is 42.8 Å². The zero-order valence-corrected chi connectivity index (χ0v) is 17.6. The number of hydrogen-bond donors (Lipinski definition) is 4. The Morgan fingerprint density at radius 3 is 2.47 bits per heavy atom. The monoisotopic (exact) mass is 433 g/mol. The lowest BCUT2D eigenvalue weighted by Crippen LogP contribution is -2.53. The first-order valence-corrected chi connectivity index (χ1v) is 10.5. The first kappa shape index (κ1) is 22.7. The Kier molecular flexibility index (Phi) is 7.86. The fraction of sp³-hybridized carbons (Fsp3) is 0.435. The van der Waals surface area contributed by atoms with Crippen molar-refractivity contribution < 1.29 is 24.8 Å². The van der Waals surface area contributed by atoms with Gasteiger partial charge in [0.15, 0.2) is 0 Å². The Balaban J connectivity index is 1.76. The maximum absolute atomic E-state index is 10.4. The van der Waals surface area contributed by atoms with Crippen LogP contribution in [-0.2, 0) is 11.2 Å². The van der Waals surface area contributed by atoms with E-state index < -0.39 is 30.5 Å². The molecule has 0 aliphatic carbocycles. The van der Waals surface area contributed by atoms with Gasteiger partial charge in [0, 0.05) is 11.4 Å². The van der Waals surface area contributed by atoms with Crippen LogP contribution in [-0.4, -0.2) is 52.6 Å². The molecule has 4 N–H and O–H groups in total. The summed E-state index contributed by atoms with van der Waals surface area (Å²) in [6.45, 7) is 2.33. The molecule has 0 amide bonds.